The topological polar surface area (TPSA) is 12.0 Å². The zero-order chi connectivity index (χ0) is 14.8. The van der Waals surface area contributed by atoms with E-state index < -0.39 is 0 Å². The summed E-state index contributed by atoms with van der Waals surface area (Å²) in [6.45, 7) is 3.28. The third-order valence-electron chi connectivity index (χ3n) is 3.99. The average Bonchev–Trinajstić information content (AvgIpc) is 3.04. The second-order valence-corrected chi connectivity index (χ2v) is 6.68. The van der Waals surface area contributed by atoms with Crippen LogP contribution in [0.5, 0.6) is 0 Å². The SMILES string of the molecule is CCC(CCCCCc1cccs1)NCc1ccccc1. The molecule has 0 aliphatic rings. The van der Waals surface area contributed by atoms with Gasteiger partial charge in [-0.2, -0.15) is 0 Å². The quantitative estimate of drug-likeness (QED) is 0.578. The lowest BCUT2D eigenvalue weighted by Crippen LogP contribution is -2.27. The van der Waals surface area contributed by atoms with Crippen LogP contribution in [0.15, 0.2) is 47.8 Å². The van der Waals surface area contributed by atoms with Gasteiger partial charge in [0.05, 0.1) is 0 Å². The number of rotatable bonds is 10. The van der Waals surface area contributed by atoms with Crippen molar-refractivity contribution in [1.82, 2.24) is 5.32 Å². The van der Waals surface area contributed by atoms with Gasteiger partial charge in [-0.1, -0.05) is 56.2 Å². The Morgan fingerprint density at radius 3 is 2.57 bits per heavy atom. The summed E-state index contributed by atoms with van der Waals surface area (Å²) in [5.74, 6) is 0. The Morgan fingerprint density at radius 2 is 1.86 bits per heavy atom. The van der Waals surface area contributed by atoms with Gasteiger partial charge in [0.15, 0.2) is 0 Å². The lowest BCUT2D eigenvalue weighted by atomic mass is 10.0. The van der Waals surface area contributed by atoms with E-state index in [1.54, 1.807) is 0 Å². The van der Waals surface area contributed by atoms with Crippen LogP contribution >= 0.6 is 11.3 Å². The number of benzene rings is 1. The molecule has 1 atom stereocenters. The van der Waals surface area contributed by atoms with Gasteiger partial charge in [-0.15, -0.1) is 11.3 Å². The van der Waals surface area contributed by atoms with Gasteiger partial charge in [0.1, 0.15) is 0 Å². The van der Waals surface area contributed by atoms with Gasteiger partial charge in [0.2, 0.25) is 0 Å². The molecule has 1 nitrogen and oxygen atoms in total. The van der Waals surface area contributed by atoms with E-state index in [1.807, 2.05) is 11.3 Å². The van der Waals surface area contributed by atoms with Crippen molar-refractivity contribution in [3.05, 3.63) is 58.3 Å². The molecule has 114 valence electrons. The fourth-order valence-electron chi connectivity index (χ4n) is 2.63. The van der Waals surface area contributed by atoms with Crippen molar-refractivity contribution < 1.29 is 0 Å². The summed E-state index contributed by atoms with van der Waals surface area (Å²) >= 11 is 1.89. The van der Waals surface area contributed by atoms with Crippen LogP contribution in [0.2, 0.25) is 0 Å². The molecule has 1 aromatic heterocycles. The molecular formula is C19H27NS. The minimum Gasteiger partial charge on any atom is -0.310 e. The standard InChI is InChI=1S/C19H27NS/c1-2-18(20-16-17-10-5-3-6-11-17)12-7-4-8-13-19-14-9-15-21-19/h3,5-6,9-11,14-15,18,20H,2,4,7-8,12-13,16H2,1H3. The van der Waals surface area contributed by atoms with Gasteiger partial charge in [-0.25, -0.2) is 0 Å². The van der Waals surface area contributed by atoms with Crippen molar-refractivity contribution >= 4 is 11.3 Å². The highest BCUT2D eigenvalue weighted by molar-refractivity contribution is 7.09. The second-order valence-electron chi connectivity index (χ2n) is 5.65. The molecule has 21 heavy (non-hydrogen) atoms. The van der Waals surface area contributed by atoms with Crippen molar-refractivity contribution in [2.24, 2.45) is 0 Å². The predicted molar refractivity (Wildman–Crippen MR) is 93.9 cm³/mol. The number of hydrogen-bond donors (Lipinski definition) is 1. The van der Waals surface area contributed by atoms with Crippen molar-refractivity contribution in [2.45, 2.75) is 58.0 Å². The molecule has 2 rings (SSSR count). The predicted octanol–water partition coefficient (Wildman–Crippen LogP) is 5.42. The maximum Gasteiger partial charge on any atom is 0.0208 e. The molecular weight excluding hydrogens is 274 g/mol. The molecule has 0 spiro atoms. The molecule has 2 heteroatoms. The summed E-state index contributed by atoms with van der Waals surface area (Å²) < 4.78 is 0. The highest BCUT2D eigenvalue weighted by atomic mass is 32.1. The fourth-order valence-corrected chi connectivity index (χ4v) is 3.38. The largest absolute Gasteiger partial charge is 0.310 e. The Bertz CT molecular complexity index is 464. The monoisotopic (exact) mass is 301 g/mol. The van der Waals surface area contributed by atoms with Gasteiger partial charge in [-0.05, 0) is 42.7 Å². The number of aryl methyl sites for hydroxylation is 1. The van der Waals surface area contributed by atoms with Gasteiger partial charge < -0.3 is 5.32 Å². The van der Waals surface area contributed by atoms with Gasteiger partial charge in [0.25, 0.3) is 0 Å². The Balaban J connectivity index is 1.57. The smallest absolute Gasteiger partial charge is 0.0208 e. The van der Waals surface area contributed by atoms with E-state index in [-0.39, 0.29) is 0 Å². The van der Waals surface area contributed by atoms with Crippen molar-refractivity contribution in [3.8, 4) is 0 Å². The van der Waals surface area contributed by atoms with Crippen LogP contribution in [0, 0.1) is 0 Å². The number of nitrogens with one attached hydrogen (secondary N) is 1. The summed E-state index contributed by atoms with van der Waals surface area (Å²) in [4.78, 5) is 1.53. The molecule has 0 aliphatic carbocycles. The zero-order valence-corrected chi connectivity index (χ0v) is 13.9. The molecule has 0 bridgehead atoms. The molecule has 2 aromatic rings. The molecule has 0 saturated carbocycles. The average molecular weight is 301 g/mol. The van der Waals surface area contributed by atoms with E-state index in [9.17, 15) is 0 Å². The Hall–Kier alpha value is -1.12. The Labute approximate surface area is 133 Å². The minimum absolute atomic E-state index is 0.659. The van der Waals surface area contributed by atoms with Gasteiger partial charge in [-0.3, -0.25) is 0 Å². The summed E-state index contributed by atoms with van der Waals surface area (Å²) in [7, 11) is 0. The van der Waals surface area contributed by atoms with Crippen LogP contribution in [-0.4, -0.2) is 6.04 Å². The maximum atomic E-state index is 3.69. The minimum atomic E-state index is 0.659. The third-order valence-corrected chi connectivity index (χ3v) is 4.92. The molecule has 1 aromatic carbocycles. The third kappa shape index (κ3) is 6.45. The van der Waals surface area contributed by atoms with E-state index in [1.165, 1.54) is 49.0 Å². The second kappa shape index (κ2) is 9.75. The summed E-state index contributed by atoms with van der Waals surface area (Å²) in [6.07, 6.45) is 7.79. The molecule has 1 unspecified atom stereocenters. The van der Waals surface area contributed by atoms with Crippen LogP contribution in [0.3, 0.4) is 0 Å². The van der Waals surface area contributed by atoms with Gasteiger partial charge in [0, 0.05) is 17.5 Å². The zero-order valence-electron chi connectivity index (χ0n) is 13.1. The van der Waals surface area contributed by atoms with Crippen LogP contribution in [0.25, 0.3) is 0 Å². The Kier molecular flexibility index (Phi) is 7.55. The fraction of sp³-hybridized carbons (Fsp3) is 0.474. The van der Waals surface area contributed by atoms with E-state index in [2.05, 4.69) is 60.1 Å². The summed E-state index contributed by atoms with van der Waals surface area (Å²) in [5, 5.41) is 5.87. The number of thiophene rings is 1. The van der Waals surface area contributed by atoms with E-state index in [4.69, 9.17) is 0 Å². The molecule has 0 amide bonds. The first-order valence-electron chi connectivity index (χ1n) is 8.18. The number of unbranched alkanes of at least 4 members (excludes halogenated alkanes) is 2. The maximum absolute atomic E-state index is 3.69. The normalized spacial score (nSPS) is 12.4. The molecule has 1 heterocycles. The van der Waals surface area contributed by atoms with Crippen LogP contribution in [0.1, 0.15) is 49.5 Å². The molecule has 1 N–H and O–H groups in total. The summed E-state index contributed by atoms with van der Waals surface area (Å²) in [5.41, 5.74) is 1.38. The van der Waals surface area contributed by atoms with Crippen molar-refractivity contribution in [1.29, 1.82) is 0 Å². The lowest BCUT2D eigenvalue weighted by molar-refractivity contribution is 0.444. The first-order valence-corrected chi connectivity index (χ1v) is 9.06. The molecule has 0 saturated heterocycles. The first kappa shape index (κ1) is 16.3. The van der Waals surface area contributed by atoms with Crippen molar-refractivity contribution in [2.75, 3.05) is 0 Å². The van der Waals surface area contributed by atoms with Crippen LogP contribution in [0.4, 0.5) is 0 Å². The first-order chi connectivity index (χ1) is 10.4. The van der Waals surface area contributed by atoms with E-state index in [0.29, 0.717) is 6.04 Å². The highest BCUT2D eigenvalue weighted by Gasteiger charge is 2.05. The van der Waals surface area contributed by atoms with E-state index >= 15 is 0 Å². The molecule has 0 radical (unpaired) electrons. The molecule has 0 fully saturated rings. The summed E-state index contributed by atoms with van der Waals surface area (Å²) in [6, 6.07) is 15.8. The van der Waals surface area contributed by atoms with Crippen molar-refractivity contribution in [3.63, 3.8) is 0 Å². The van der Waals surface area contributed by atoms with Gasteiger partial charge >= 0.3 is 0 Å². The lowest BCUT2D eigenvalue weighted by Gasteiger charge is -2.17. The highest BCUT2D eigenvalue weighted by Crippen LogP contribution is 2.14. The molecule has 0 aliphatic heterocycles. The number of hydrogen-bond acceptors (Lipinski definition) is 2. The van der Waals surface area contributed by atoms with E-state index in [0.717, 1.165) is 6.54 Å². The Morgan fingerprint density at radius 1 is 1.00 bits per heavy atom. The van der Waals surface area contributed by atoms with Crippen LogP contribution < -0.4 is 5.32 Å². The van der Waals surface area contributed by atoms with Crippen LogP contribution in [-0.2, 0) is 13.0 Å².